The van der Waals surface area contributed by atoms with Gasteiger partial charge in [-0.25, -0.2) is 9.18 Å². The number of piperazine rings is 1. The largest absolute Gasteiger partial charge is 0.322 e. The third-order valence-electron chi connectivity index (χ3n) is 4.68. The maximum Gasteiger partial charge on any atom is 0.322 e. The summed E-state index contributed by atoms with van der Waals surface area (Å²) in [5, 5.41) is 6.15. The molecule has 0 radical (unpaired) electrons. The number of carbonyl (C=O) groups excluding carboxylic acids is 1. The summed E-state index contributed by atoms with van der Waals surface area (Å²) in [6.07, 6.45) is 5.62. The summed E-state index contributed by atoms with van der Waals surface area (Å²) in [6.45, 7) is 2.32. The predicted molar refractivity (Wildman–Crippen MR) is 80.8 cm³/mol. The van der Waals surface area contributed by atoms with Crippen LogP contribution < -0.4 is 10.6 Å². The fourth-order valence-electron chi connectivity index (χ4n) is 3.56. The number of hydrogen-bond donors (Lipinski definition) is 2. The average molecular weight is 291 g/mol. The van der Waals surface area contributed by atoms with Crippen LogP contribution in [0, 0.1) is 5.82 Å². The van der Waals surface area contributed by atoms with E-state index in [1.54, 1.807) is 18.2 Å². The number of amides is 2. The number of halogens is 1. The van der Waals surface area contributed by atoms with E-state index in [9.17, 15) is 9.18 Å². The molecule has 4 nitrogen and oxygen atoms in total. The van der Waals surface area contributed by atoms with Gasteiger partial charge in [0.05, 0.1) is 11.2 Å². The first-order valence-corrected chi connectivity index (χ1v) is 7.75. The second-order valence-corrected chi connectivity index (χ2v) is 6.02. The van der Waals surface area contributed by atoms with Gasteiger partial charge in [0, 0.05) is 19.6 Å². The van der Waals surface area contributed by atoms with E-state index in [1.165, 1.54) is 12.5 Å². The van der Waals surface area contributed by atoms with Crippen molar-refractivity contribution in [3.05, 3.63) is 30.1 Å². The summed E-state index contributed by atoms with van der Waals surface area (Å²) in [6, 6.07) is 6.14. The van der Waals surface area contributed by atoms with Crippen LogP contribution in [0.25, 0.3) is 0 Å². The van der Waals surface area contributed by atoms with Crippen molar-refractivity contribution >= 4 is 11.7 Å². The SMILES string of the molecule is O=C(Nc1ccccc1F)N1CCNCC12CCCCC2. The molecule has 0 unspecified atom stereocenters. The van der Waals surface area contributed by atoms with Gasteiger partial charge < -0.3 is 15.5 Å². The number of rotatable bonds is 1. The monoisotopic (exact) mass is 291 g/mol. The molecule has 2 amide bonds. The summed E-state index contributed by atoms with van der Waals surface area (Å²) in [5.74, 6) is -0.390. The number of urea groups is 1. The van der Waals surface area contributed by atoms with Crippen molar-refractivity contribution in [3.63, 3.8) is 0 Å². The third kappa shape index (κ3) is 2.88. The number of anilines is 1. The van der Waals surface area contributed by atoms with E-state index >= 15 is 0 Å². The van der Waals surface area contributed by atoms with Crippen LogP contribution in [0.5, 0.6) is 0 Å². The van der Waals surface area contributed by atoms with Gasteiger partial charge in [0.1, 0.15) is 5.82 Å². The first kappa shape index (κ1) is 14.3. The van der Waals surface area contributed by atoms with Gasteiger partial charge in [0.2, 0.25) is 0 Å². The van der Waals surface area contributed by atoms with Gasteiger partial charge in [-0.3, -0.25) is 0 Å². The quantitative estimate of drug-likeness (QED) is 0.835. The van der Waals surface area contributed by atoms with Crippen molar-refractivity contribution in [3.8, 4) is 0 Å². The molecule has 1 aromatic rings. The summed E-state index contributed by atoms with van der Waals surface area (Å²) in [4.78, 5) is 14.5. The van der Waals surface area contributed by atoms with Crippen molar-refractivity contribution in [2.75, 3.05) is 25.0 Å². The van der Waals surface area contributed by atoms with Crippen molar-refractivity contribution in [1.82, 2.24) is 10.2 Å². The Kier molecular flexibility index (Phi) is 4.10. The Hall–Kier alpha value is -1.62. The molecule has 1 aromatic carbocycles. The third-order valence-corrected chi connectivity index (χ3v) is 4.68. The normalized spacial score (nSPS) is 21.3. The first-order valence-electron chi connectivity index (χ1n) is 7.75. The predicted octanol–water partition coefficient (Wildman–Crippen LogP) is 2.97. The van der Waals surface area contributed by atoms with Gasteiger partial charge >= 0.3 is 6.03 Å². The van der Waals surface area contributed by atoms with Gasteiger partial charge in [-0.05, 0) is 25.0 Å². The van der Waals surface area contributed by atoms with Gasteiger partial charge in [-0.1, -0.05) is 31.4 Å². The van der Waals surface area contributed by atoms with Crippen LogP contribution in [0.2, 0.25) is 0 Å². The van der Waals surface area contributed by atoms with Crippen LogP contribution in [0.4, 0.5) is 14.9 Å². The highest BCUT2D eigenvalue weighted by Crippen LogP contribution is 2.35. The molecule has 0 aromatic heterocycles. The molecular weight excluding hydrogens is 269 g/mol. The van der Waals surface area contributed by atoms with E-state index in [0.717, 1.165) is 38.8 Å². The molecule has 1 aliphatic carbocycles. The Bertz CT molecular complexity index is 506. The van der Waals surface area contributed by atoms with Crippen LogP contribution in [0.1, 0.15) is 32.1 Å². The van der Waals surface area contributed by atoms with E-state index in [1.807, 2.05) is 4.90 Å². The van der Waals surface area contributed by atoms with Gasteiger partial charge in [-0.15, -0.1) is 0 Å². The maximum absolute atomic E-state index is 13.7. The van der Waals surface area contributed by atoms with E-state index in [4.69, 9.17) is 0 Å². The molecule has 114 valence electrons. The number of nitrogens with one attached hydrogen (secondary N) is 2. The summed E-state index contributed by atoms with van der Waals surface area (Å²) < 4.78 is 13.7. The lowest BCUT2D eigenvalue weighted by atomic mass is 9.79. The number of para-hydroxylation sites is 1. The van der Waals surface area contributed by atoms with Crippen molar-refractivity contribution < 1.29 is 9.18 Å². The maximum atomic E-state index is 13.7. The summed E-state index contributed by atoms with van der Waals surface area (Å²) >= 11 is 0. The fourth-order valence-corrected chi connectivity index (χ4v) is 3.56. The lowest BCUT2D eigenvalue weighted by Gasteiger charge is -2.49. The zero-order valence-corrected chi connectivity index (χ0v) is 12.2. The van der Waals surface area contributed by atoms with Gasteiger partial charge in [0.25, 0.3) is 0 Å². The van der Waals surface area contributed by atoms with Crippen molar-refractivity contribution in [2.24, 2.45) is 0 Å². The van der Waals surface area contributed by atoms with Crippen LogP contribution in [0.3, 0.4) is 0 Å². The molecule has 1 aliphatic heterocycles. The minimum atomic E-state index is -0.390. The Labute approximate surface area is 124 Å². The molecule has 5 heteroatoms. The van der Waals surface area contributed by atoms with Crippen molar-refractivity contribution in [2.45, 2.75) is 37.6 Å². The molecule has 21 heavy (non-hydrogen) atoms. The van der Waals surface area contributed by atoms with Crippen LogP contribution in [-0.2, 0) is 0 Å². The highest BCUT2D eigenvalue weighted by molar-refractivity contribution is 5.90. The number of carbonyl (C=O) groups is 1. The van der Waals surface area contributed by atoms with E-state index in [0.29, 0.717) is 6.54 Å². The topological polar surface area (TPSA) is 44.4 Å². The number of hydrogen-bond acceptors (Lipinski definition) is 2. The standard InChI is InChI=1S/C16H22FN3O/c17-13-6-2-3-7-14(13)19-15(21)20-11-10-18-12-16(20)8-4-1-5-9-16/h2-3,6-7,18H,1,4-5,8-12H2,(H,19,21). The number of nitrogens with zero attached hydrogens (tertiary/aromatic N) is 1. The average Bonchev–Trinajstić information content (AvgIpc) is 2.51. The molecule has 1 heterocycles. The van der Waals surface area contributed by atoms with E-state index < -0.39 is 5.82 Å². The molecule has 1 spiro atoms. The van der Waals surface area contributed by atoms with Crippen LogP contribution in [0.15, 0.2) is 24.3 Å². The number of benzene rings is 1. The summed E-state index contributed by atoms with van der Waals surface area (Å²) in [7, 11) is 0. The molecule has 2 N–H and O–H groups in total. The minimum absolute atomic E-state index is 0.0914. The molecule has 3 rings (SSSR count). The second kappa shape index (κ2) is 6.02. The molecular formula is C16H22FN3O. The Morgan fingerprint density at radius 2 is 2.00 bits per heavy atom. The van der Waals surface area contributed by atoms with Crippen molar-refractivity contribution in [1.29, 1.82) is 0 Å². The Balaban J connectivity index is 1.77. The van der Waals surface area contributed by atoms with Crippen LogP contribution in [-0.4, -0.2) is 36.1 Å². The molecule has 1 saturated heterocycles. The molecule has 1 saturated carbocycles. The first-order chi connectivity index (χ1) is 10.2. The van der Waals surface area contributed by atoms with E-state index in [2.05, 4.69) is 10.6 Å². The zero-order chi connectivity index (χ0) is 14.7. The molecule has 2 fully saturated rings. The van der Waals surface area contributed by atoms with Gasteiger partial charge in [0.15, 0.2) is 0 Å². The van der Waals surface area contributed by atoms with E-state index in [-0.39, 0.29) is 17.3 Å². The lowest BCUT2D eigenvalue weighted by Crippen LogP contribution is -2.64. The smallest absolute Gasteiger partial charge is 0.316 e. The molecule has 0 bridgehead atoms. The molecule has 0 atom stereocenters. The Morgan fingerprint density at radius 3 is 2.76 bits per heavy atom. The summed E-state index contributed by atoms with van der Waals surface area (Å²) in [5.41, 5.74) is 0.165. The minimum Gasteiger partial charge on any atom is -0.316 e. The zero-order valence-electron chi connectivity index (χ0n) is 12.2. The highest BCUT2D eigenvalue weighted by atomic mass is 19.1. The van der Waals surface area contributed by atoms with Gasteiger partial charge in [-0.2, -0.15) is 0 Å². The second-order valence-electron chi connectivity index (χ2n) is 6.02. The highest BCUT2D eigenvalue weighted by Gasteiger charge is 2.42. The fraction of sp³-hybridized carbons (Fsp3) is 0.562. The Morgan fingerprint density at radius 1 is 1.24 bits per heavy atom. The molecule has 2 aliphatic rings. The lowest BCUT2D eigenvalue weighted by molar-refractivity contribution is 0.0633. The van der Waals surface area contributed by atoms with Crippen LogP contribution >= 0.6 is 0 Å².